The predicted molar refractivity (Wildman–Crippen MR) is 98.6 cm³/mol. The van der Waals surface area contributed by atoms with Crippen LogP contribution in [0.4, 0.5) is 0 Å². The first-order valence-corrected chi connectivity index (χ1v) is 9.78. The van der Waals surface area contributed by atoms with Gasteiger partial charge in [-0.1, -0.05) is 23.3 Å². The molecule has 0 radical (unpaired) electrons. The van der Waals surface area contributed by atoms with E-state index < -0.39 is 5.60 Å². The van der Waals surface area contributed by atoms with Gasteiger partial charge in [0.05, 0.1) is 25.2 Å². The fraction of sp³-hybridized carbons (Fsp3) is 0.762. The largest absolute Gasteiger partial charge is 0.461 e. The fourth-order valence-electron chi connectivity index (χ4n) is 4.45. The Labute approximate surface area is 156 Å². The summed E-state index contributed by atoms with van der Waals surface area (Å²) in [7, 11) is 1.62. The number of hydrogen-bond donors (Lipinski definition) is 1. The van der Waals surface area contributed by atoms with Crippen molar-refractivity contribution >= 4 is 5.97 Å². The van der Waals surface area contributed by atoms with Crippen LogP contribution in [0, 0.1) is 11.8 Å². The Hall–Kier alpha value is -1.17. The molecule has 5 heteroatoms. The summed E-state index contributed by atoms with van der Waals surface area (Å²) >= 11 is 0. The number of aliphatic hydroxyl groups is 1. The molecular weight excluding hydrogens is 332 g/mol. The zero-order valence-corrected chi connectivity index (χ0v) is 16.2. The average Bonchev–Trinajstić information content (AvgIpc) is 3.21. The van der Waals surface area contributed by atoms with Gasteiger partial charge in [-0.15, -0.1) is 0 Å². The van der Waals surface area contributed by atoms with E-state index in [1.165, 1.54) is 11.1 Å². The molecule has 0 unspecified atom stereocenters. The minimum Gasteiger partial charge on any atom is -0.461 e. The van der Waals surface area contributed by atoms with Crippen LogP contribution in [0.5, 0.6) is 0 Å². The summed E-state index contributed by atoms with van der Waals surface area (Å²) in [5.74, 6) is -0.329. The van der Waals surface area contributed by atoms with Gasteiger partial charge in [0.1, 0.15) is 11.7 Å². The molecule has 1 aliphatic carbocycles. The molecule has 0 aromatic rings. The van der Waals surface area contributed by atoms with E-state index in [1.807, 2.05) is 0 Å². The second-order valence-corrected chi connectivity index (χ2v) is 8.15. The summed E-state index contributed by atoms with van der Waals surface area (Å²) in [5.41, 5.74) is 2.20. The molecule has 5 nitrogen and oxygen atoms in total. The van der Waals surface area contributed by atoms with Crippen LogP contribution in [0.15, 0.2) is 23.3 Å². The number of methoxy groups -OCH3 is 1. The third kappa shape index (κ3) is 4.21. The SMILES string of the molecule is COC[C@@H]1C(=O)O[C@@H]2C/C(C)=C/CC/C(C)=C/CC[C@]3(CO)O[C@H]3C[C@@H]12. The normalized spacial score (nSPS) is 42.4. The Balaban J connectivity index is 1.81. The molecule has 0 spiro atoms. The summed E-state index contributed by atoms with van der Waals surface area (Å²) in [6, 6.07) is 0. The Bertz CT molecular complexity index is 581. The maximum Gasteiger partial charge on any atom is 0.312 e. The maximum absolute atomic E-state index is 12.4. The van der Waals surface area contributed by atoms with Crippen LogP contribution in [0.2, 0.25) is 0 Å². The Morgan fingerprint density at radius 1 is 1.27 bits per heavy atom. The van der Waals surface area contributed by atoms with Crippen molar-refractivity contribution in [2.45, 2.75) is 70.2 Å². The van der Waals surface area contributed by atoms with Crippen LogP contribution < -0.4 is 0 Å². The van der Waals surface area contributed by atoms with Gasteiger partial charge in [0.25, 0.3) is 0 Å². The number of fused-ring (bicyclic) bond motifs is 2. The molecule has 0 aromatic carbocycles. The van der Waals surface area contributed by atoms with Gasteiger partial charge < -0.3 is 19.3 Å². The van der Waals surface area contributed by atoms with Crippen molar-refractivity contribution in [3.8, 4) is 0 Å². The lowest BCUT2D eigenvalue weighted by Crippen LogP contribution is -2.29. The van der Waals surface area contributed by atoms with Gasteiger partial charge >= 0.3 is 5.97 Å². The number of allylic oxidation sites excluding steroid dienone is 3. The van der Waals surface area contributed by atoms with E-state index in [-0.39, 0.29) is 36.6 Å². The molecule has 146 valence electrons. The first kappa shape index (κ1) is 19.6. The predicted octanol–water partition coefficient (Wildman–Crippen LogP) is 3.17. The van der Waals surface area contributed by atoms with E-state index in [4.69, 9.17) is 14.2 Å². The van der Waals surface area contributed by atoms with E-state index in [9.17, 15) is 9.90 Å². The lowest BCUT2D eigenvalue weighted by atomic mass is 9.81. The van der Waals surface area contributed by atoms with Crippen molar-refractivity contribution in [2.75, 3.05) is 20.3 Å². The summed E-state index contributed by atoms with van der Waals surface area (Å²) in [6.07, 6.45) is 9.68. The van der Waals surface area contributed by atoms with Gasteiger partial charge in [0.2, 0.25) is 0 Å². The van der Waals surface area contributed by atoms with E-state index in [0.29, 0.717) is 6.61 Å². The van der Waals surface area contributed by atoms with Crippen LogP contribution in [0.25, 0.3) is 0 Å². The van der Waals surface area contributed by atoms with Crippen molar-refractivity contribution in [1.82, 2.24) is 0 Å². The molecule has 0 aromatic heterocycles. The van der Waals surface area contributed by atoms with E-state index in [0.717, 1.165) is 38.5 Å². The molecule has 2 fully saturated rings. The maximum atomic E-state index is 12.4. The van der Waals surface area contributed by atoms with Gasteiger partial charge in [-0.2, -0.15) is 0 Å². The van der Waals surface area contributed by atoms with Gasteiger partial charge in [-0.3, -0.25) is 4.79 Å². The zero-order valence-electron chi connectivity index (χ0n) is 16.2. The van der Waals surface area contributed by atoms with E-state index >= 15 is 0 Å². The highest BCUT2D eigenvalue weighted by Gasteiger charge is 2.58. The molecule has 3 aliphatic rings. The molecular formula is C21H32O5. The van der Waals surface area contributed by atoms with Crippen molar-refractivity contribution < 1.29 is 24.1 Å². The van der Waals surface area contributed by atoms with Crippen molar-refractivity contribution in [1.29, 1.82) is 0 Å². The standard InChI is InChI=1S/C21H32O5/c1-14-6-4-7-15(2)10-18-16(17(12-24-3)20(23)25-18)11-19-21(13-22,26-19)9-5-8-14/h7-8,16-19,22H,4-6,9-13H2,1-3H3/b14-8+,15-7+/t16-,17-,18+,19-,21+/m0/s1. The quantitative estimate of drug-likeness (QED) is 0.473. The lowest BCUT2D eigenvalue weighted by molar-refractivity contribution is -0.145. The number of epoxide rings is 1. The number of hydrogen-bond acceptors (Lipinski definition) is 5. The highest BCUT2D eigenvalue weighted by Crippen LogP contribution is 2.48. The van der Waals surface area contributed by atoms with E-state index in [1.54, 1.807) is 7.11 Å². The van der Waals surface area contributed by atoms with Gasteiger partial charge in [-0.05, 0) is 46.0 Å². The summed E-state index contributed by atoms with van der Waals surface area (Å²) in [5, 5.41) is 9.89. The summed E-state index contributed by atoms with van der Waals surface area (Å²) in [4.78, 5) is 12.4. The lowest BCUT2D eigenvalue weighted by Gasteiger charge is -2.21. The third-order valence-electron chi connectivity index (χ3n) is 6.19. The van der Waals surface area contributed by atoms with Crippen molar-refractivity contribution in [3.05, 3.63) is 23.3 Å². The number of aliphatic hydroxyl groups excluding tert-OH is 1. The van der Waals surface area contributed by atoms with E-state index in [2.05, 4.69) is 26.0 Å². The molecule has 0 bridgehead atoms. The van der Waals surface area contributed by atoms with Gasteiger partial charge in [-0.25, -0.2) is 0 Å². The molecule has 5 atom stereocenters. The number of carbonyl (C=O) groups is 1. The molecule has 2 heterocycles. The topological polar surface area (TPSA) is 68.3 Å². The highest BCUT2D eigenvalue weighted by molar-refractivity contribution is 5.75. The number of carbonyl (C=O) groups excluding carboxylic acids is 1. The molecule has 1 N–H and O–H groups in total. The smallest absolute Gasteiger partial charge is 0.312 e. The Morgan fingerprint density at radius 2 is 2.04 bits per heavy atom. The minimum absolute atomic E-state index is 0.00483. The van der Waals surface area contributed by atoms with Crippen LogP contribution in [0.1, 0.15) is 52.4 Å². The third-order valence-corrected chi connectivity index (χ3v) is 6.19. The molecule has 2 saturated heterocycles. The molecule has 3 rings (SSSR count). The van der Waals surface area contributed by atoms with Crippen LogP contribution in [-0.4, -0.2) is 49.2 Å². The Kier molecular flexibility index (Phi) is 6.21. The van der Waals surface area contributed by atoms with Crippen LogP contribution in [0.3, 0.4) is 0 Å². The van der Waals surface area contributed by atoms with Crippen LogP contribution >= 0.6 is 0 Å². The van der Waals surface area contributed by atoms with Crippen LogP contribution in [-0.2, 0) is 19.0 Å². The van der Waals surface area contributed by atoms with Gasteiger partial charge in [0.15, 0.2) is 0 Å². The number of esters is 1. The van der Waals surface area contributed by atoms with Gasteiger partial charge in [0, 0.05) is 19.4 Å². The first-order valence-electron chi connectivity index (χ1n) is 9.78. The summed E-state index contributed by atoms with van der Waals surface area (Å²) in [6.45, 7) is 4.69. The molecule has 0 saturated carbocycles. The monoisotopic (exact) mass is 364 g/mol. The highest BCUT2D eigenvalue weighted by atomic mass is 16.6. The Morgan fingerprint density at radius 3 is 2.77 bits per heavy atom. The second-order valence-electron chi connectivity index (χ2n) is 8.15. The molecule has 0 amide bonds. The second kappa shape index (κ2) is 8.24. The van der Waals surface area contributed by atoms with Crippen molar-refractivity contribution in [2.24, 2.45) is 11.8 Å². The fourth-order valence-corrected chi connectivity index (χ4v) is 4.45. The molecule has 26 heavy (non-hydrogen) atoms. The van der Waals surface area contributed by atoms with Crippen molar-refractivity contribution in [3.63, 3.8) is 0 Å². The first-order chi connectivity index (χ1) is 12.5. The molecule has 2 aliphatic heterocycles. The number of rotatable bonds is 3. The zero-order chi connectivity index (χ0) is 18.7. The summed E-state index contributed by atoms with van der Waals surface area (Å²) < 4.78 is 17.0. The average molecular weight is 364 g/mol. The minimum atomic E-state index is -0.445. The number of ether oxygens (including phenoxy) is 3.